The van der Waals surface area contributed by atoms with E-state index in [9.17, 15) is 5.11 Å². The lowest BCUT2D eigenvalue weighted by Crippen LogP contribution is -2.41. The Labute approximate surface area is 233 Å². The lowest BCUT2D eigenvalue weighted by molar-refractivity contribution is 0.163. The van der Waals surface area contributed by atoms with Crippen molar-refractivity contribution in [3.05, 3.63) is 68.6 Å². The molecule has 0 fully saturated rings. The van der Waals surface area contributed by atoms with Gasteiger partial charge in [0, 0.05) is 8.95 Å². The van der Waals surface area contributed by atoms with Crippen molar-refractivity contribution in [3.63, 3.8) is 0 Å². The lowest BCUT2D eigenvalue weighted by Gasteiger charge is -2.39. The fourth-order valence-electron chi connectivity index (χ4n) is 3.52. The highest BCUT2D eigenvalue weighted by molar-refractivity contribution is 9.10. The van der Waals surface area contributed by atoms with E-state index >= 15 is 0 Å². The summed E-state index contributed by atoms with van der Waals surface area (Å²) in [5.74, 6) is 0. The van der Waals surface area contributed by atoms with Gasteiger partial charge in [0.15, 0.2) is 8.32 Å². The molecule has 5 heteroatoms. The molecular formula is C30H48Br2O2Si. The van der Waals surface area contributed by atoms with E-state index in [0.29, 0.717) is 0 Å². The van der Waals surface area contributed by atoms with Crippen molar-refractivity contribution in [2.45, 2.75) is 116 Å². The predicted octanol–water partition coefficient (Wildman–Crippen LogP) is 11.2. The molecule has 0 saturated heterocycles. The maximum atomic E-state index is 9.82. The molecule has 0 unspecified atom stereocenters. The fraction of sp³-hybridized carbons (Fsp3) is 0.600. The Hall–Kier alpha value is -0.463. The summed E-state index contributed by atoms with van der Waals surface area (Å²) in [6.45, 7) is 16.0. The van der Waals surface area contributed by atoms with Gasteiger partial charge in [-0.15, -0.1) is 0 Å². The number of halogens is 2. The Morgan fingerprint density at radius 3 is 1.60 bits per heavy atom. The third kappa shape index (κ3) is 12.6. The molecule has 0 radical (unpaired) electrons. The standard InChI is InChI=1S/C18H31BrOSi.C12H17BrO/c1-7-8-9-10-17(15-11-13-16(19)14-12-15)20-21(5,6)18(2,3)4;1-2-3-4-5-12(14)10-6-8-11(13)9-7-10/h11-14,17H,7-10H2,1-6H3;6-9,12,14H,2-5H2,1H3/t17-;12-/m10/s1. The average Bonchev–Trinajstić information content (AvgIpc) is 2.79. The molecule has 2 atom stereocenters. The van der Waals surface area contributed by atoms with Crippen LogP contribution in [-0.4, -0.2) is 13.4 Å². The number of aliphatic hydroxyl groups is 1. The van der Waals surface area contributed by atoms with Gasteiger partial charge in [0.1, 0.15) is 0 Å². The minimum atomic E-state index is -1.74. The zero-order chi connectivity index (χ0) is 26.5. The Bertz CT molecular complexity index is 814. The van der Waals surface area contributed by atoms with E-state index in [0.717, 1.165) is 33.8 Å². The fourth-order valence-corrected chi connectivity index (χ4v) is 5.37. The van der Waals surface area contributed by atoms with Gasteiger partial charge in [-0.05, 0) is 66.4 Å². The highest BCUT2D eigenvalue weighted by Crippen LogP contribution is 2.41. The summed E-state index contributed by atoms with van der Waals surface area (Å²) in [4.78, 5) is 0. The van der Waals surface area contributed by atoms with Gasteiger partial charge >= 0.3 is 0 Å². The number of aliphatic hydroxyl groups excluding tert-OH is 1. The molecule has 198 valence electrons. The number of benzene rings is 2. The van der Waals surface area contributed by atoms with Gasteiger partial charge in [0.2, 0.25) is 0 Å². The van der Waals surface area contributed by atoms with Crippen LogP contribution in [0.5, 0.6) is 0 Å². The van der Waals surface area contributed by atoms with Crippen LogP contribution in [0.1, 0.15) is 109 Å². The van der Waals surface area contributed by atoms with Gasteiger partial charge < -0.3 is 9.53 Å². The lowest BCUT2D eigenvalue weighted by atomic mass is 10.0. The zero-order valence-electron chi connectivity index (χ0n) is 23.0. The van der Waals surface area contributed by atoms with E-state index in [4.69, 9.17) is 4.43 Å². The van der Waals surface area contributed by atoms with E-state index in [1.807, 2.05) is 24.3 Å². The van der Waals surface area contributed by atoms with E-state index in [1.54, 1.807) is 0 Å². The largest absolute Gasteiger partial charge is 0.410 e. The summed E-state index contributed by atoms with van der Waals surface area (Å²) in [5.41, 5.74) is 2.34. The quantitative estimate of drug-likeness (QED) is 0.187. The number of hydrogen-bond donors (Lipinski definition) is 1. The first-order valence-electron chi connectivity index (χ1n) is 13.3. The van der Waals surface area contributed by atoms with Gasteiger partial charge in [-0.25, -0.2) is 0 Å². The number of rotatable bonds is 12. The predicted molar refractivity (Wildman–Crippen MR) is 163 cm³/mol. The Kier molecular flexibility index (Phi) is 15.3. The van der Waals surface area contributed by atoms with Crippen molar-refractivity contribution >= 4 is 40.2 Å². The number of unbranched alkanes of at least 4 members (excludes halogenated alkanes) is 4. The molecule has 0 amide bonds. The van der Waals surface area contributed by atoms with Crippen molar-refractivity contribution in [1.29, 1.82) is 0 Å². The maximum Gasteiger partial charge on any atom is 0.192 e. The van der Waals surface area contributed by atoms with E-state index in [-0.39, 0.29) is 17.2 Å². The highest BCUT2D eigenvalue weighted by atomic mass is 79.9. The molecule has 0 aromatic heterocycles. The highest BCUT2D eigenvalue weighted by Gasteiger charge is 2.39. The normalized spacial score (nSPS) is 13.7. The first-order valence-corrected chi connectivity index (χ1v) is 17.8. The van der Waals surface area contributed by atoms with Crippen molar-refractivity contribution < 1.29 is 9.53 Å². The molecule has 0 aliphatic heterocycles. The second-order valence-corrected chi connectivity index (χ2v) is 17.6. The Balaban J connectivity index is 0.000000379. The molecule has 0 aliphatic carbocycles. The monoisotopic (exact) mass is 626 g/mol. The molecule has 2 aromatic carbocycles. The van der Waals surface area contributed by atoms with Gasteiger partial charge in [-0.3, -0.25) is 0 Å². The van der Waals surface area contributed by atoms with Crippen molar-refractivity contribution in [2.75, 3.05) is 0 Å². The molecule has 0 bridgehead atoms. The zero-order valence-corrected chi connectivity index (χ0v) is 27.2. The van der Waals surface area contributed by atoms with Gasteiger partial charge in [0.05, 0.1) is 12.2 Å². The smallest absolute Gasteiger partial charge is 0.192 e. The van der Waals surface area contributed by atoms with Crippen LogP contribution in [0.15, 0.2) is 57.5 Å². The van der Waals surface area contributed by atoms with E-state index in [2.05, 4.69) is 104 Å². The second-order valence-electron chi connectivity index (χ2n) is 11.0. The SMILES string of the molecule is CCCCC[C@@H](O[Si](C)(C)C(C)(C)C)c1ccc(Br)cc1.CCCCC[C@H](O)c1ccc(Br)cc1. The topological polar surface area (TPSA) is 29.5 Å². The molecule has 0 aliphatic rings. The van der Waals surface area contributed by atoms with Crippen LogP contribution in [0.3, 0.4) is 0 Å². The molecule has 1 N–H and O–H groups in total. The Morgan fingerprint density at radius 1 is 0.743 bits per heavy atom. The summed E-state index contributed by atoms with van der Waals surface area (Å²) in [6.07, 6.45) is 9.24. The van der Waals surface area contributed by atoms with Crippen LogP contribution >= 0.6 is 31.9 Å². The van der Waals surface area contributed by atoms with Crippen LogP contribution in [0.2, 0.25) is 18.1 Å². The van der Waals surface area contributed by atoms with Crippen LogP contribution in [0, 0.1) is 0 Å². The van der Waals surface area contributed by atoms with Crippen molar-refractivity contribution in [2.24, 2.45) is 0 Å². The third-order valence-electron chi connectivity index (χ3n) is 6.89. The van der Waals surface area contributed by atoms with Gasteiger partial charge in [-0.1, -0.05) is 129 Å². The Morgan fingerprint density at radius 2 is 1.17 bits per heavy atom. The van der Waals surface area contributed by atoms with Gasteiger partial charge in [-0.2, -0.15) is 0 Å². The molecule has 2 nitrogen and oxygen atoms in total. The first kappa shape index (κ1) is 32.6. The van der Waals surface area contributed by atoms with Gasteiger partial charge in [0.25, 0.3) is 0 Å². The molecule has 2 rings (SSSR count). The maximum absolute atomic E-state index is 9.82. The minimum absolute atomic E-state index is 0.241. The summed E-state index contributed by atoms with van der Waals surface area (Å²) in [6, 6.07) is 16.5. The van der Waals surface area contributed by atoms with Crippen LogP contribution in [0.4, 0.5) is 0 Å². The molecule has 35 heavy (non-hydrogen) atoms. The van der Waals surface area contributed by atoms with Crippen LogP contribution in [-0.2, 0) is 4.43 Å². The van der Waals surface area contributed by atoms with Crippen molar-refractivity contribution in [1.82, 2.24) is 0 Å². The average molecular weight is 629 g/mol. The number of hydrogen-bond acceptors (Lipinski definition) is 2. The summed E-state index contributed by atoms with van der Waals surface area (Å²) < 4.78 is 8.89. The molecule has 0 saturated carbocycles. The van der Waals surface area contributed by atoms with Crippen LogP contribution < -0.4 is 0 Å². The van der Waals surface area contributed by atoms with E-state index < -0.39 is 8.32 Å². The summed E-state index contributed by atoms with van der Waals surface area (Å²) in [5, 5.41) is 10.1. The summed E-state index contributed by atoms with van der Waals surface area (Å²) in [7, 11) is -1.74. The molecule has 2 aromatic rings. The first-order chi connectivity index (χ1) is 16.4. The second kappa shape index (κ2) is 16.4. The minimum Gasteiger partial charge on any atom is -0.410 e. The molecular weight excluding hydrogens is 580 g/mol. The molecule has 0 heterocycles. The molecule has 0 spiro atoms. The van der Waals surface area contributed by atoms with Crippen LogP contribution in [0.25, 0.3) is 0 Å². The third-order valence-corrected chi connectivity index (χ3v) is 12.4. The van der Waals surface area contributed by atoms with E-state index in [1.165, 1.54) is 37.7 Å². The summed E-state index contributed by atoms with van der Waals surface area (Å²) >= 11 is 6.90. The van der Waals surface area contributed by atoms with Crippen molar-refractivity contribution in [3.8, 4) is 0 Å².